The monoisotopic (exact) mass is 210 g/mol. The molecule has 1 aliphatic heterocycles. The molecule has 1 saturated heterocycles. The number of hydrogen-bond acceptors (Lipinski definition) is 2. The van der Waals surface area contributed by atoms with Gasteiger partial charge in [-0.2, -0.15) is 0 Å². The minimum Gasteiger partial charge on any atom is -0.378 e. The Hall–Kier alpha value is 0.540. The highest BCUT2D eigenvalue weighted by Gasteiger charge is 2.25. The minimum atomic E-state index is -2.21. The smallest absolute Gasteiger partial charge is 0.133 e. The fraction of sp³-hybridized carbons (Fsp3) is 1.00. The van der Waals surface area contributed by atoms with Crippen LogP contribution in [0.15, 0.2) is 0 Å². The van der Waals surface area contributed by atoms with Crippen molar-refractivity contribution in [1.29, 1.82) is 0 Å². The van der Waals surface area contributed by atoms with Crippen LogP contribution in [0, 0.1) is 5.92 Å². The topological polar surface area (TPSA) is 26.3 Å². The van der Waals surface area contributed by atoms with E-state index in [1.165, 1.54) is 0 Å². The molecule has 0 spiro atoms. The summed E-state index contributed by atoms with van der Waals surface area (Å²) in [6.45, 7) is 3.38. The van der Waals surface area contributed by atoms with Crippen LogP contribution >= 0.6 is 18.6 Å². The molecule has 0 radical (unpaired) electrons. The van der Waals surface area contributed by atoms with Gasteiger partial charge in [-0.25, -0.2) is 0 Å². The molecule has 12 heavy (non-hydrogen) atoms. The lowest BCUT2D eigenvalue weighted by Gasteiger charge is -2.15. The van der Waals surface area contributed by atoms with Crippen molar-refractivity contribution in [3.63, 3.8) is 0 Å². The van der Waals surface area contributed by atoms with Gasteiger partial charge < -0.3 is 9.30 Å². The fourth-order valence-electron chi connectivity index (χ4n) is 1.34. The molecule has 72 valence electrons. The van der Waals surface area contributed by atoms with E-state index in [0.29, 0.717) is 12.1 Å². The predicted octanol–water partition coefficient (Wildman–Crippen LogP) is 2.64. The maximum absolute atomic E-state index is 11.3. The summed E-state index contributed by atoms with van der Waals surface area (Å²) in [5, 5.41) is 0. The highest BCUT2D eigenvalue weighted by atomic mass is 32.7. The van der Waals surface area contributed by atoms with Gasteiger partial charge in [0.2, 0.25) is 0 Å². The quantitative estimate of drug-likeness (QED) is 0.572. The Morgan fingerprint density at radius 2 is 2.50 bits per heavy atom. The first-order valence-electron chi connectivity index (χ1n) is 4.83. The van der Waals surface area contributed by atoms with Gasteiger partial charge in [0.15, 0.2) is 0 Å². The zero-order valence-electron chi connectivity index (χ0n) is 8.56. The molecule has 2 nitrogen and oxygen atoms in total. The second-order valence-corrected chi connectivity index (χ2v) is 8.71. The molecule has 1 unspecified atom stereocenters. The van der Waals surface area contributed by atoms with E-state index < -0.39 is 6.34 Å². The molecule has 0 N–H and O–H groups in total. The van der Waals surface area contributed by atoms with Crippen LogP contribution in [0.4, 0.5) is 0 Å². The van der Waals surface area contributed by atoms with Crippen molar-refractivity contribution in [3.8, 4) is 0 Å². The lowest BCUT2D eigenvalue weighted by atomic mass is 10.0. The Morgan fingerprint density at radius 1 is 1.83 bits per heavy atom. The fourth-order valence-corrected chi connectivity index (χ4v) is 2.42. The summed E-state index contributed by atoms with van der Waals surface area (Å²) in [5.74, 6) is 0.419. The Kier molecular flexibility index (Phi) is 3.16. The van der Waals surface area contributed by atoms with E-state index in [1.54, 1.807) is 6.66 Å². The van der Waals surface area contributed by atoms with Crippen LogP contribution in [0.1, 0.15) is 21.1 Å². The van der Waals surface area contributed by atoms with E-state index >= 15 is 0 Å². The molecule has 1 heterocycles. The Morgan fingerprint density at radius 3 is 2.92 bits per heavy atom. The van der Waals surface area contributed by atoms with Crippen LogP contribution in [0.3, 0.4) is 0 Å². The van der Waals surface area contributed by atoms with Crippen molar-refractivity contribution in [2.24, 2.45) is 5.92 Å². The van der Waals surface area contributed by atoms with Crippen molar-refractivity contribution >= 4 is 18.6 Å². The molecular formula is C8H17O2PS. The highest BCUT2D eigenvalue weighted by Crippen LogP contribution is 2.47. The molecule has 0 bridgehead atoms. The maximum Gasteiger partial charge on any atom is 0.133 e. The second-order valence-electron chi connectivity index (χ2n) is 3.62. The molecular weight excluding hydrogens is 191 g/mol. The third-order valence-electron chi connectivity index (χ3n) is 2.20. The number of rotatable bonds is 3. The number of ether oxygens (including phenoxy) is 1. The van der Waals surface area contributed by atoms with Crippen molar-refractivity contribution in [1.82, 2.24) is 0 Å². The summed E-state index contributed by atoms with van der Waals surface area (Å²) < 4.78 is 24.1. The summed E-state index contributed by atoms with van der Waals surface area (Å²) in [6, 6.07) is 0. The molecule has 0 aromatic heterocycles. The minimum absolute atomic E-state index is 0.114. The first-order valence-corrected chi connectivity index (χ1v) is 7.74. The van der Waals surface area contributed by atoms with Crippen molar-refractivity contribution < 1.29 is 10.7 Å². The van der Waals surface area contributed by atoms with E-state index in [9.17, 15) is 4.57 Å². The zero-order chi connectivity index (χ0) is 10.1. The van der Waals surface area contributed by atoms with Crippen molar-refractivity contribution in [2.45, 2.75) is 25.9 Å². The second kappa shape index (κ2) is 4.17. The van der Waals surface area contributed by atoms with Gasteiger partial charge in [0.25, 0.3) is 0 Å². The molecule has 0 saturated carbocycles. The van der Waals surface area contributed by atoms with E-state index in [-0.39, 0.29) is 12.7 Å². The Balaban J connectivity index is 2.34. The van der Waals surface area contributed by atoms with Crippen LogP contribution in [-0.2, 0) is 9.30 Å². The van der Waals surface area contributed by atoms with Crippen LogP contribution in [0.5, 0.6) is 0 Å². The van der Waals surface area contributed by atoms with Gasteiger partial charge >= 0.3 is 0 Å². The molecule has 1 rings (SSSR count). The Bertz CT molecular complexity index is 218. The summed E-state index contributed by atoms with van der Waals surface area (Å²) in [6.07, 6.45) is 0.0801. The highest BCUT2D eigenvalue weighted by molar-refractivity contribution is 8.47. The first kappa shape index (κ1) is 9.11. The SMILES string of the molecule is [3H][C@H]1C[C@@H](C)[C@@H](CCP(C)(=O)S)O1. The molecule has 0 amide bonds. The summed E-state index contributed by atoms with van der Waals surface area (Å²) in [4.78, 5) is 0. The molecule has 1 fully saturated rings. The van der Waals surface area contributed by atoms with E-state index in [4.69, 9.17) is 6.11 Å². The summed E-state index contributed by atoms with van der Waals surface area (Å²) >= 11 is 4.03. The van der Waals surface area contributed by atoms with Gasteiger partial charge in [-0.3, -0.25) is 0 Å². The summed E-state index contributed by atoms with van der Waals surface area (Å²) in [7, 11) is 0. The first-order chi connectivity index (χ1) is 5.88. The molecule has 4 heteroatoms. The zero-order valence-corrected chi connectivity index (χ0v) is 9.35. The molecule has 1 aliphatic rings. The Labute approximate surface area is 81.0 Å². The van der Waals surface area contributed by atoms with Gasteiger partial charge in [-0.05, 0) is 25.4 Å². The van der Waals surface area contributed by atoms with Gasteiger partial charge in [-0.15, -0.1) is 12.2 Å². The molecule has 4 atom stereocenters. The van der Waals surface area contributed by atoms with E-state index in [0.717, 1.165) is 12.8 Å². The van der Waals surface area contributed by atoms with Crippen molar-refractivity contribution in [3.05, 3.63) is 0 Å². The average molecular weight is 210 g/mol. The number of hydrogen-bond donors (Lipinski definition) is 1. The molecule has 0 aromatic carbocycles. The third-order valence-corrected chi connectivity index (χ3v) is 3.89. The van der Waals surface area contributed by atoms with Gasteiger partial charge in [0.1, 0.15) is 6.34 Å². The average Bonchev–Trinajstić information content (AvgIpc) is 2.24. The van der Waals surface area contributed by atoms with Crippen LogP contribution in [0.2, 0.25) is 0 Å². The number of thiol groups is 1. The summed E-state index contributed by atoms with van der Waals surface area (Å²) in [5.41, 5.74) is 0. The largest absolute Gasteiger partial charge is 0.378 e. The van der Waals surface area contributed by atoms with E-state index in [1.807, 2.05) is 0 Å². The lowest BCUT2D eigenvalue weighted by molar-refractivity contribution is 0.0917. The normalized spacial score (nSPS) is 42.2. The van der Waals surface area contributed by atoms with Crippen molar-refractivity contribution in [2.75, 3.05) is 19.4 Å². The van der Waals surface area contributed by atoms with Crippen LogP contribution in [0.25, 0.3) is 0 Å². The third kappa shape index (κ3) is 3.51. The van der Waals surface area contributed by atoms with Crippen LogP contribution in [-0.4, -0.2) is 25.5 Å². The van der Waals surface area contributed by atoms with Gasteiger partial charge in [0, 0.05) is 12.7 Å². The van der Waals surface area contributed by atoms with Gasteiger partial charge in [-0.1, -0.05) is 6.92 Å². The maximum atomic E-state index is 11.3. The van der Waals surface area contributed by atoms with Gasteiger partial charge in [0.05, 0.1) is 7.47 Å². The van der Waals surface area contributed by atoms with E-state index in [2.05, 4.69) is 19.2 Å². The van der Waals surface area contributed by atoms with Crippen LogP contribution < -0.4 is 0 Å². The lowest BCUT2D eigenvalue weighted by Crippen LogP contribution is -2.14. The standard InChI is InChI=1S/C8H17O2PS/c1-7-3-5-10-8(7)4-6-11(2,9)12/h7-8H,3-6H2,1-2H3,(H,9,12)/t7-,8-,11?/m1/s1/i5T/t5-,7+,8+,11?/m0. The molecule has 0 aliphatic carbocycles. The predicted molar refractivity (Wildman–Crippen MR) is 55.5 cm³/mol. The molecule has 0 aromatic rings.